The molecule has 2 aromatic carbocycles. The number of para-hydroxylation sites is 1. The summed E-state index contributed by atoms with van der Waals surface area (Å²) in [6.07, 6.45) is 0. The first-order valence-electron chi connectivity index (χ1n) is 9.75. The van der Waals surface area contributed by atoms with Gasteiger partial charge in [-0.3, -0.25) is 4.79 Å². The molecule has 0 saturated carbocycles. The fourth-order valence-corrected chi connectivity index (χ4v) is 3.48. The molecule has 1 aliphatic rings. The number of tetrazole rings is 1. The number of phenols is 1. The Balaban J connectivity index is 1.45. The normalized spacial score (nSPS) is 14.4. The number of carbonyl (C=O) groups is 1. The van der Waals surface area contributed by atoms with E-state index in [1.807, 2.05) is 36.4 Å². The lowest BCUT2D eigenvalue weighted by Gasteiger charge is -2.35. The average Bonchev–Trinajstić information content (AvgIpc) is 3.24. The highest BCUT2D eigenvalue weighted by Gasteiger charge is 2.27. The van der Waals surface area contributed by atoms with Crippen LogP contribution < -0.4 is 4.90 Å². The van der Waals surface area contributed by atoms with Gasteiger partial charge < -0.3 is 14.9 Å². The molecule has 1 saturated heterocycles. The van der Waals surface area contributed by atoms with Crippen molar-refractivity contribution in [3.8, 4) is 11.4 Å². The van der Waals surface area contributed by atoms with Crippen LogP contribution >= 0.6 is 0 Å². The third-order valence-electron chi connectivity index (χ3n) is 5.22. The molecular formula is C21H24N6O2. The first kappa shape index (κ1) is 18.9. The monoisotopic (exact) mass is 392 g/mol. The molecule has 1 aromatic heterocycles. The van der Waals surface area contributed by atoms with Crippen molar-refractivity contribution in [2.24, 2.45) is 0 Å². The van der Waals surface area contributed by atoms with Crippen LogP contribution in [0.5, 0.6) is 5.75 Å². The molecular weight excluding hydrogens is 368 g/mol. The van der Waals surface area contributed by atoms with E-state index in [9.17, 15) is 9.90 Å². The number of carbonyl (C=O) groups excluding carboxylic acids is 1. The van der Waals surface area contributed by atoms with Gasteiger partial charge in [0, 0.05) is 26.2 Å². The Kier molecular flexibility index (Phi) is 5.16. The molecule has 150 valence electrons. The maximum absolute atomic E-state index is 12.9. The molecule has 1 amide bonds. The Morgan fingerprint density at radius 1 is 1.03 bits per heavy atom. The molecule has 1 fully saturated rings. The van der Waals surface area contributed by atoms with Crippen LogP contribution in [0.25, 0.3) is 5.69 Å². The van der Waals surface area contributed by atoms with E-state index in [-0.39, 0.29) is 11.7 Å². The van der Waals surface area contributed by atoms with Gasteiger partial charge in [0.05, 0.1) is 11.3 Å². The van der Waals surface area contributed by atoms with Crippen LogP contribution in [-0.2, 0) is 0 Å². The Bertz CT molecular complexity index is 993. The van der Waals surface area contributed by atoms with E-state index in [4.69, 9.17) is 0 Å². The minimum Gasteiger partial charge on any atom is -0.507 e. The van der Waals surface area contributed by atoms with Crippen molar-refractivity contribution < 1.29 is 9.90 Å². The second-order valence-electron chi connectivity index (χ2n) is 7.44. The van der Waals surface area contributed by atoms with Crippen LogP contribution in [0, 0.1) is 0 Å². The smallest absolute Gasteiger partial charge is 0.257 e. The summed E-state index contributed by atoms with van der Waals surface area (Å²) in [6.45, 7) is 6.41. The van der Waals surface area contributed by atoms with Crippen molar-refractivity contribution in [3.05, 3.63) is 59.7 Å². The molecule has 0 radical (unpaired) electrons. The van der Waals surface area contributed by atoms with Gasteiger partial charge in [0.25, 0.3) is 5.91 Å². The molecule has 1 N–H and O–H groups in total. The van der Waals surface area contributed by atoms with E-state index in [1.54, 1.807) is 21.7 Å². The van der Waals surface area contributed by atoms with Crippen molar-refractivity contribution in [1.29, 1.82) is 0 Å². The molecule has 8 heteroatoms. The van der Waals surface area contributed by atoms with Crippen molar-refractivity contribution >= 4 is 11.9 Å². The summed E-state index contributed by atoms with van der Waals surface area (Å²) in [5, 5.41) is 22.4. The highest BCUT2D eigenvalue weighted by Crippen LogP contribution is 2.25. The topological polar surface area (TPSA) is 87.4 Å². The third kappa shape index (κ3) is 3.78. The summed E-state index contributed by atoms with van der Waals surface area (Å²) in [7, 11) is 0. The zero-order valence-electron chi connectivity index (χ0n) is 16.6. The first-order valence-corrected chi connectivity index (χ1v) is 9.75. The summed E-state index contributed by atoms with van der Waals surface area (Å²) in [5.74, 6) is 0.841. The molecule has 3 aromatic rings. The Morgan fingerprint density at radius 3 is 2.41 bits per heavy atom. The van der Waals surface area contributed by atoms with Crippen molar-refractivity contribution in [2.45, 2.75) is 19.8 Å². The van der Waals surface area contributed by atoms with E-state index in [0.717, 1.165) is 11.3 Å². The number of aromatic nitrogens is 4. The van der Waals surface area contributed by atoms with Crippen LogP contribution in [0.15, 0.2) is 48.5 Å². The summed E-state index contributed by atoms with van der Waals surface area (Å²) in [5.41, 5.74) is 2.25. The number of aromatic hydroxyl groups is 1. The maximum atomic E-state index is 12.9. The van der Waals surface area contributed by atoms with E-state index in [0.29, 0.717) is 43.6 Å². The number of phenolic OH excluding ortho intramolecular Hbond substituents is 1. The number of amides is 1. The first-order chi connectivity index (χ1) is 14.0. The summed E-state index contributed by atoms with van der Waals surface area (Å²) < 4.78 is 1.70. The van der Waals surface area contributed by atoms with Crippen molar-refractivity contribution in [3.63, 3.8) is 0 Å². The minimum absolute atomic E-state index is 0.0386. The third-order valence-corrected chi connectivity index (χ3v) is 5.22. The molecule has 2 heterocycles. The Labute approximate surface area is 169 Å². The fraction of sp³-hybridized carbons (Fsp3) is 0.333. The molecule has 0 unspecified atom stereocenters. The number of benzene rings is 2. The number of piperazine rings is 1. The summed E-state index contributed by atoms with van der Waals surface area (Å²) >= 11 is 0. The number of nitrogens with zero attached hydrogens (tertiary/aromatic N) is 6. The quantitative estimate of drug-likeness (QED) is 0.734. The van der Waals surface area contributed by atoms with Crippen LogP contribution in [-0.4, -0.2) is 62.3 Å². The molecule has 0 bridgehead atoms. The molecule has 29 heavy (non-hydrogen) atoms. The Morgan fingerprint density at radius 2 is 1.76 bits per heavy atom. The predicted octanol–water partition coefficient (Wildman–Crippen LogP) is 2.45. The van der Waals surface area contributed by atoms with E-state index in [1.165, 1.54) is 0 Å². The maximum Gasteiger partial charge on any atom is 0.257 e. The van der Waals surface area contributed by atoms with Crippen molar-refractivity contribution in [1.82, 2.24) is 25.1 Å². The lowest BCUT2D eigenvalue weighted by atomic mass is 10.0. The molecule has 4 rings (SSSR count). The number of hydrogen-bond donors (Lipinski definition) is 1. The average molecular weight is 392 g/mol. The standard InChI is InChI=1S/C21H24N6O2/c1-15(2)16-8-9-18(19(28)14-16)20(29)25-10-12-26(13-11-25)21-22-23-24-27(21)17-6-4-3-5-7-17/h3-9,14-15,28H,10-13H2,1-2H3. The zero-order valence-corrected chi connectivity index (χ0v) is 16.6. The predicted molar refractivity (Wildman–Crippen MR) is 109 cm³/mol. The Hall–Kier alpha value is -3.42. The van der Waals surface area contributed by atoms with Gasteiger partial charge >= 0.3 is 0 Å². The van der Waals surface area contributed by atoms with Crippen LogP contribution in [0.2, 0.25) is 0 Å². The number of anilines is 1. The van der Waals surface area contributed by atoms with Gasteiger partial charge in [-0.25, -0.2) is 0 Å². The SMILES string of the molecule is CC(C)c1ccc(C(=O)N2CCN(c3nnnn3-c3ccccc3)CC2)c(O)c1. The molecule has 0 spiro atoms. The van der Waals surface area contributed by atoms with Gasteiger partial charge in [0.15, 0.2) is 0 Å². The summed E-state index contributed by atoms with van der Waals surface area (Å²) in [4.78, 5) is 16.7. The van der Waals surface area contributed by atoms with Crippen LogP contribution in [0.4, 0.5) is 5.95 Å². The van der Waals surface area contributed by atoms with Gasteiger partial charge in [-0.1, -0.05) is 43.2 Å². The lowest BCUT2D eigenvalue weighted by molar-refractivity contribution is 0.0743. The second-order valence-corrected chi connectivity index (χ2v) is 7.44. The van der Waals surface area contributed by atoms with Gasteiger partial charge in [-0.2, -0.15) is 4.68 Å². The fourth-order valence-electron chi connectivity index (χ4n) is 3.48. The lowest BCUT2D eigenvalue weighted by Crippen LogP contribution is -2.49. The largest absolute Gasteiger partial charge is 0.507 e. The van der Waals surface area contributed by atoms with Gasteiger partial charge in [0.2, 0.25) is 5.95 Å². The molecule has 8 nitrogen and oxygen atoms in total. The highest BCUT2D eigenvalue weighted by atomic mass is 16.3. The van der Waals surface area contributed by atoms with Gasteiger partial charge in [-0.05, 0) is 46.2 Å². The van der Waals surface area contributed by atoms with E-state index < -0.39 is 0 Å². The molecule has 1 aliphatic heterocycles. The zero-order chi connectivity index (χ0) is 20.4. The van der Waals surface area contributed by atoms with Crippen LogP contribution in [0.1, 0.15) is 35.7 Å². The van der Waals surface area contributed by atoms with Crippen molar-refractivity contribution in [2.75, 3.05) is 31.1 Å². The second kappa shape index (κ2) is 7.90. The molecule has 0 atom stereocenters. The number of hydrogen-bond acceptors (Lipinski definition) is 6. The highest BCUT2D eigenvalue weighted by molar-refractivity contribution is 5.97. The minimum atomic E-state index is -0.153. The molecule has 0 aliphatic carbocycles. The summed E-state index contributed by atoms with van der Waals surface area (Å²) in [6, 6.07) is 15.0. The van der Waals surface area contributed by atoms with Gasteiger partial charge in [-0.15, -0.1) is 0 Å². The van der Waals surface area contributed by atoms with E-state index >= 15 is 0 Å². The van der Waals surface area contributed by atoms with Gasteiger partial charge in [0.1, 0.15) is 5.75 Å². The van der Waals surface area contributed by atoms with E-state index in [2.05, 4.69) is 34.3 Å². The number of rotatable bonds is 4. The van der Waals surface area contributed by atoms with Crippen LogP contribution in [0.3, 0.4) is 0 Å².